The summed E-state index contributed by atoms with van der Waals surface area (Å²) in [6.07, 6.45) is 7.27. The summed E-state index contributed by atoms with van der Waals surface area (Å²) in [4.78, 5) is 2.16. The van der Waals surface area contributed by atoms with Crippen LogP contribution in [0.25, 0.3) is 0 Å². The van der Waals surface area contributed by atoms with E-state index in [0.717, 1.165) is 13.0 Å². The van der Waals surface area contributed by atoms with Gasteiger partial charge in [0, 0.05) is 6.54 Å². The molecule has 0 aromatic rings. The molecule has 1 heteroatoms. The predicted molar refractivity (Wildman–Crippen MR) is 60.9 cm³/mol. The van der Waals surface area contributed by atoms with Crippen molar-refractivity contribution in [3.05, 3.63) is 36.0 Å². The minimum absolute atomic E-state index is 0.969. The monoisotopic (exact) mass is 179 g/mol. The normalized spacial score (nSPS) is 13.6. The van der Waals surface area contributed by atoms with E-state index in [0.29, 0.717) is 0 Å². The molecule has 74 valence electrons. The van der Waals surface area contributed by atoms with Crippen LogP contribution in [-0.2, 0) is 0 Å². The Kier molecular flexibility index (Phi) is 6.25. The first-order chi connectivity index (χ1) is 6.15. The standard InChI is InChI=1S/C12H21N/c1-6-9-11(7-2)12(8-3)10-13(4)5/h6,8-9H,3,7,10H2,1-2,4-5H3/b9-6-,12-11+. The van der Waals surface area contributed by atoms with Crippen molar-refractivity contribution in [3.63, 3.8) is 0 Å². The summed E-state index contributed by atoms with van der Waals surface area (Å²) in [6.45, 7) is 9.04. The van der Waals surface area contributed by atoms with E-state index in [1.807, 2.05) is 13.0 Å². The first kappa shape index (κ1) is 12.2. The lowest BCUT2D eigenvalue weighted by Gasteiger charge is -2.13. The van der Waals surface area contributed by atoms with Gasteiger partial charge in [-0.15, -0.1) is 0 Å². The molecule has 0 aliphatic heterocycles. The third kappa shape index (κ3) is 4.69. The van der Waals surface area contributed by atoms with Crippen molar-refractivity contribution in [2.24, 2.45) is 0 Å². The van der Waals surface area contributed by atoms with E-state index in [1.165, 1.54) is 11.1 Å². The fourth-order valence-electron chi connectivity index (χ4n) is 1.29. The van der Waals surface area contributed by atoms with E-state index < -0.39 is 0 Å². The van der Waals surface area contributed by atoms with E-state index in [-0.39, 0.29) is 0 Å². The third-order valence-electron chi connectivity index (χ3n) is 1.89. The number of likely N-dealkylation sites (N-methyl/N-ethyl adjacent to an activating group) is 1. The number of hydrogen-bond acceptors (Lipinski definition) is 1. The van der Waals surface area contributed by atoms with Crippen molar-refractivity contribution in [1.29, 1.82) is 0 Å². The average Bonchev–Trinajstić information content (AvgIpc) is 2.10. The summed E-state index contributed by atoms with van der Waals surface area (Å²) in [5, 5.41) is 0. The van der Waals surface area contributed by atoms with Crippen LogP contribution in [0.3, 0.4) is 0 Å². The Labute approximate surface area is 82.4 Å². The molecule has 0 amide bonds. The van der Waals surface area contributed by atoms with E-state index in [9.17, 15) is 0 Å². The molecule has 0 aliphatic carbocycles. The molecule has 0 heterocycles. The van der Waals surface area contributed by atoms with Gasteiger partial charge in [0.1, 0.15) is 0 Å². The number of allylic oxidation sites excluding steroid dienone is 3. The zero-order valence-corrected chi connectivity index (χ0v) is 9.30. The van der Waals surface area contributed by atoms with Gasteiger partial charge in [-0.2, -0.15) is 0 Å². The van der Waals surface area contributed by atoms with Crippen molar-refractivity contribution < 1.29 is 0 Å². The van der Waals surface area contributed by atoms with Gasteiger partial charge in [-0.1, -0.05) is 31.7 Å². The molecular formula is C12H21N. The van der Waals surface area contributed by atoms with Crippen LogP contribution in [-0.4, -0.2) is 25.5 Å². The van der Waals surface area contributed by atoms with Gasteiger partial charge in [-0.3, -0.25) is 0 Å². The van der Waals surface area contributed by atoms with E-state index in [1.54, 1.807) is 0 Å². The molecule has 0 radical (unpaired) electrons. The Morgan fingerprint density at radius 3 is 2.23 bits per heavy atom. The second-order valence-electron chi connectivity index (χ2n) is 3.35. The topological polar surface area (TPSA) is 3.24 Å². The quantitative estimate of drug-likeness (QED) is 0.586. The lowest BCUT2D eigenvalue weighted by Crippen LogP contribution is -2.15. The largest absolute Gasteiger partial charge is 0.305 e. The molecular weight excluding hydrogens is 158 g/mol. The van der Waals surface area contributed by atoms with Crippen molar-refractivity contribution >= 4 is 0 Å². The van der Waals surface area contributed by atoms with Crippen LogP contribution in [0.4, 0.5) is 0 Å². The highest BCUT2D eigenvalue weighted by Crippen LogP contribution is 2.12. The van der Waals surface area contributed by atoms with Gasteiger partial charge in [-0.25, -0.2) is 0 Å². The van der Waals surface area contributed by atoms with Gasteiger partial charge in [-0.05, 0) is 38.6 Å². The highest BCUT2D eigenvalue weighted by molar-refractivity contribution is 5.32. The van der Waals surface area contributed by atoms with Crippen LogP contribution >= 0.6 is 0 Å². The van der Waals surface area contributed by atoms with Crippen LogP contribution in [0, 0.1) is 0 Å². The van der Waals surface area contributed by atoms with E-state index in [4.69, 9.17) is 0 Å². The van der Waals surface area contributed by atoms with Crippen molar-refractivity contribution in [2.75, 3.05) is 20.6 Å². The number of hydrogen-bond donors (Lipinski definition) is 0. The molecule has 0 aliphatic rings. The van der Waals surface area contributed by atoms with E-state index >= 15 is 0 Å². The van der Waals surface area contributed by atoms with E-state index in [2.05, 4.69) is 44.6 Å². The number of rotatable bonds is 5. The summed E-state index contributed by atoms with van der Waals surface area (Å²) in [7, 11) is 4.15. The van der Waals surface area contributed by atoms with Crippen molar-refractivity contribution in [1.82, 2.24) is 4.90 Å². The maximum absolute atomic E-state index is 3.85. The molecule has 0 bridgehead atoms. The molecule has 0 aromatic heterocycles. The second kappa shape index (κ2) is 6.67. The maximum Gasteiger partial charge on any atom is 0.0230 e. The highest BCUT2D eigenvalue weighted by Gasteiger charge is 1.99. The van der Waals surface area contributed by atoms with Crippen LogP contribution in [0.2, 0.25) is 0 Å². The third-order valence-corrected chi connectivity index (χ3v) is 1.89. The molecule has 0 fully saturated rings. The zero-order chi connectivity index (χ0) is 10.3. The predicted octanol–water partition coefficient (Wildman–Crippen LogP) is 3.02. The molecule has 13 heavy (non-hydrogen) atoms. The fourth-order valence-corrected chi connectivity index (χ4v) is 1.29. The molecule has 0 rings (SSSR count). The summed E-state index contributed by atoms with van der Waals surface area (Å²) >= 11 is 0. The lowest BCUT2D eigenvalue weighted by molar-refractivity contribution is 0.447. The first-order valence-electron chi connectivity index (χ1n) is 4.77. The molecule has 0 saturated heterocycles. The van der Waals surface area contributed by atoms with Crippen molar-refractivity contribution in [3.8, 4) is 0 Å². The van der Waals surface area contributed by atoms with Gasteiger partial charge in [0.15, 0.2) is 0 Å². The van der Waals surface area contributed by atoms with Gasteiger partial charge in [0.2, 0.25) is 0 Å². The molecule has 0 saturated carbocycles. The summed E-state index contributed by atoms with van der Waals surface area (Å²) in [5.41, 5.74) is 2.71. The maximum atomic E-state index is 3.85. The van der Waals surface area contributed by atoms with Gasteiger partial charge in [0.25, 0.3) is 0 Å². The Balaban J connectivity index is 4.71. The Morgan fingerprint density at radius 2 is 1.92 bits per heavy atom. The van der Waals surface area contributed by atoms with Gasteiger partial charge < -0.3 is 4.90 Å². The molecule has 0 spiro atoms. The Morgan fingerprint density at radius 1 is 1.31 bits per heavy atom. The second-order valence-corrected chi connectivity index (χ2v) is 3.35. The first-order valence-corrected chi connectivity index (χ1v) is 4.77. The molecule has 0 unspecified atom stereocenters. The van der Waals surface area contributed by atoms with Crippen LogP contribution in [0.15, 0.2) is 36.0 Å². The van der Waals surface area contributed by atoms with Gasteiger partial charge >= 0.3 is 0 Å². The van der Waals surface area contributed by atoms with Crippen LogP contribution < -0.4 is 0 Å². The zero-order valence-electron chi connectivity index (χ0n) is 9.30. The summed E-state index contributed by atoms with van der Waals surface area (Å²) in [6, 6.07) is 0. The SMILES string of the molecule is C=C/C(CN(C)C)=C(\C=C/C)CC. The highest BCUT2D eigenvalue weighted by atomic mass is 15.0. The minimum atomic E-state index is 0.969. The average molecular weight is 179 g/mol. The molecule has 0 atom stereocenters. The minimum Gasteiger partial charge on any atom is -0.305 e. The van der Waals surface area contributed by atoms with Crippen molar-refractivity contribution in [2.45, 2.75) is 20.3 Å². The summed E-state index contributed by atoms with van der Waals surface area (Å²) < 4.78 is 0. The van der Waals surface area contributed by atoms with Crippen LogP contribution in [0.5, 0.6) is 0 Å². The molecule has 0 aromatic carbocycles. The Bertz CT molecular complexity index is 209. The Hall–Kier alpha value is -0.820. The molecule has 1 nitrogen and oxygen atoms in total. The van der Waals surface area contributed by atoms with Gasteiger partial charge in [0.05, 0.1) is 0 Å². The smallest absolute Gasteiger partial charge is 0.0230 e. The number of nitrogens with zero attached hydrogens (tertiary/aromatic N) is 1. The van der Waals surface area contributed by atoms with Crippen LogP contribution in [0.1, 0.15) is 20.3 Å². The lowest BCUT2D eigenvalue weighted by atomic mass is 10.0. The fraction of sp³-hybridized carbons (Fsp3) is 0.500. The summed E-state index contributed by atoms with van der Waals surface area (Å²) in [5.74, 6) is 0. The molecule has 0 N–H and O–H groups in total.